The number of hydrogen-bond donors (Lipinski definition) is 0. The van der Waals surface area contributed by atoms with Gasteiger partial charge in [-0.1, -0.05) is 12.1 Å². The third kappa shape index (κ3) is 11.5. The fourth-order valence-corrected chi connectivity index (χ4v) is 6.86. The number of nitriles is 1. The van der Waals surface area contributed by atoms with Crippen molar-refractivity contribution in [1.29, 1.82) is 5.26 Å². The van der Waals surface area contributed by atoms with Crippen molar-refractivity contribution in [3.63, 3.8) is 0 Å². The zero-order valence-electron chi connectivity index (χ0n) is 33.1. The van der Waals surface area contributed by atoms with Crippen LogP contribution < -0.4 is 4.90 Å². The van der Waals surface area contributed by atoms with E-state index in [0.29, 0.717) is 12.1 Å². The number of nitrogens with zero attached hydrogens (tertiary/aromatic N) is 3. The second-order valence-electron chi connectivity index (χ2n) is 14.3. The van der Waals surface area contributed by atoms with E-state index in [9.17, 15) is 114 Å². The molecule has 1 aromatic rings. The zero-order chi connectivity index (χ0) is 51.6. The molecule has 0 fully saturated rings. The molecule has 5 nitrogen and oxygen atoms in total. The number of rotatable bonds is 25. The summed E-state index contributed by atoms with van der Waals surface area (Å²) in [5.41, 5.74) is -1.03. The van der Waals surface area contributed by atoms with Crippen LogP contribution in [0.15, 0.2) is 24.3 Å². The molecule has 0 aliphatic carbocycles. The van der Waals surface area contributed by atoms with E-state index in [0.717, 1.165) is 12.1 Å². The van der Waals surface area contributed by atoms with Gasteiger partial charge in [0, 0.05) is 43.7 Å². The summed E-state index contributed by atoms with van der Waals surface area (Å²) in [4.78, 5) is -0.430. The molecule has 0 saturated heterocycles. The first-order valence-corrected chi connectivity index (χ1v) is 18.8. The summed E-state index contributed by atoms with van der Waals surface area (Å²) in [6, 6.07) is 4.02. The number of anilines is 1. The monoisotopic (exact) mass is 1030 g/mol. The van der Waals surface area contributed by atoms with Crippen molar-refractivity contribution in [2.24, 2.45) is 0 Å². The lowest BCUT2D eigenvalue weighted by Crippen LogP contribution is -2.70. The van der Waals surface area contributed by atoms with Gasteiger partial charge < -0.3 is 13.9 Å². The van der Waals surface area contributed by atoms with E-state index >= 15 is 0 Å². The summed E-state index contributed by atoms with van der Waals surface area (Å²) in [6.45, 7) is 1.66. The van der Waals surface area contributed by atoms with E-state index in [-0.39, 0.29) is 43.7 Å². The van der Waals surface area contributed by atoms with Gasteiger partial charge in [-0.15, -0.1) is 0 Å². The number of alkyl halides is 26. The fourth-order valence-electron chi connectivity index (χ4n) is 5.27. The average molecular weight is 1030 g/mol. The van der Waals surface area contributed by atoms with Gasteiger partial charge in [0.05, 0.1) is 25.7 Å². The van der Waals surface area contributed by atoms with E-state index in [1.807, 2.05) is 0 Å². The van der Waals surface area contributed by atoms with Crippen LogP contribution in [0.25, 0.3) is 0 Å². The zero-order valence-corrected chi connectivity index (χ0v) is 33.9. The van der Waals surface area contributed by atoms with Gasteiger partial charge in [-0.25, -0.2) is 4.67 Å². The van der Waals surface area contributed by atoms with Crippen molar-refractivity contribution in [3.8, 4) is 6.07 Å². The third-order valence-electron chi connectivity index (χ3n) is 8.94. The molecule has 0 radical (unpaired) electrons. The predicted octanol–water partition coefficient (Wildman–Crippen LogP) is 13.6. The summed E-state index contributed by atoms with van der Waals surface area (Å²) < 4.78 is 369. The molecule has 1 atom stereocenters. The maximum absolute atomic E-state index is 14.7. The Hall–Kier alpha value is -3.00. The third-order valence-corrected chi connectivity index (χ3v) is 11.1. The lowest BCUT2D eigenvalue weighted by molar-refractivity contribution is -0.440. The highest BCUT2D eigenvalue weighted by atomic mass is 31.2. The Morgan fingerprint density at radius 1 is 0.492 bits per heavy atom. The highest BCUT2D eigenvalue weighted by Crippen LogP contribution is 2.62. The van der Waals surface area contributed by atoms with Crippen molar-refractivity contribution in [1.82, 2.24) is 4.67 Å². The lowest BCUT2D eigenvalue weighted by Gasteiger charge is -2.41. The molecule has 0 aliphatic rings. The van der Waals surface area contributed by atoms with Crippen LogP contribution in [0.4, 0.5) is 120 Å². The summed E-state index contributed by atoms with van der Waals surface area (Å²) in [7, 11) is -1.92. The molecule has 0 spiro atoms. The molecular weight excluding hydrogens is 995 g/mol. The molecule has 0 bridgehead atoms. The highest BCUT2D eigenvalue weighted by Gasteiger charge is 2.92. The standard InChI is InChI=1S/C33H34F26N3O2P/c1-18(2)62(19(3)4)65(63-16-5-13-60)64-17-10-20-6-8-21(9-7-20)61(14-11-22(34,35)24(38,39)26(42,43)28(46,47)30(50,51)32(54,55)56)15-12-23(36,37)25(40,41)27(44,45)29(48,49)31(52,53)33(57,58)59/h6-9,18-19H,5,10-12,14-17H2,1-4H3. The van der Waals surface area contributed by atoms with Crippen LogP contribution in [0.1, 0.15) is 52.5 Å². The first kappa shape index (κ1) is 60.0. The van der Waals surface area contributed by atoms with E-state index in [1.54, 1.807) is 38.4 Å². The smallest absolute Gasteiger partial charge is 0.371 e. The number of benzene rings is 1. The summed E-state index contributed by atoms with van der Waals surface area (Å²) in [6.07, 6.45) is -22.5. The van der Waals surface area contributed by atoms with Gasteiger partial charge in [-0.3, -0.25) is 0 Å². The van der Waals surface area contributed by atoms with E-state index < -0.39 is 117 Å². The molecule has 0 aliphatic heterocycles. The maximum Gasteiger partial charge on any atom is 0.460 e. The Bertz CT molecular complexity index is 1640. The van der Waals surface area contributed by atoms with E-state index in [1.165, 1.54) is 0 Å². The minimum Gasteiger partial charge on any atom is -0.371 e. The predicted molar refractivity (Wildman–Crippen MR) is 174 cm³/mol. The van der Waals surface area contributed by atoms with Crippen LogP contribution in [0.5, 0.6) is 0 Å². The molecular formula is C33H34F26N3O2P. The minimum absolute atomic E-state index is 0.0370. The Morgan fingerprint density at radius 3 is 1.12 bits per heavy atom. The van der Waals surface area contributed by atoms with Crippen molar-refractivity contribution < 1.29 is 123 Å². The molecule has 32 heteroatoms. The van der Waals surface area contributed by atoms with Crippen molar-refractivity contribution >= 4 is 14.2 Å². The fraction of sp³-hybridized carbons (Fsp3) is 0.788. The van der Waals surface area contributed by atoms with Gasteiger partial charge in [0.2, 0.25) is 0 Å². The summed E-state index contributed by atoms with van der Waals surface area (Å²) in [5, 5.41) is 8.81. The molecule has 0 saturated carbocycles. The van der Waals surface area contributed by atoms with E-state index in [2.05, 4.69) is 0 Å². The highest BCUT2D eigenvalue weighted by molar-refractivity contribution is 7.44. The molecule has 0 aromatic heterocycles. The molecule has 0 amide bonds. The Balaban J connectivity index is 3.73. The van der Waals surface area contributed by atoms with Gasteiger partial charge in [-0.05, 0) is 51.8 Å². The molecule has 0 N–H and O–H groups in total. The molecule has 1 aromatic carbocycles. The van der Waals surface area contributed by atoms with Crippen LogP contribution in [-0.2, 0) is 15.5 Å². The number of halogens is 26. The summed E-state index contributed by atoms with van der Waals surface area (Å²) >= 11 is 0. The van der Waals surface area contributed by atoms with E-state index in [4.69, 9.17) is 14.3 Å². The minimum atomic E-state index is -8.40. The molecule has 380 valence electrons. The van der Waals surface area contributed by atoms with Gasteiger partial charge in [-0.2, -0.15) is 119 Å². The van der Waals surface area contributed by atoms with Crippen LogP contribution >= 0.6 is 8.53 Å². The number of hydrogen-bond acceptors (Lipinski definition) is 5. The quantitative estimate of drug-likeness (QED) is 0.0555. The molecule has 1 rings (SSSR count). The Labute approximate surface area is 351 Å². The molecule has 0 heterocycles. The maximum atomic E-state index is 14.7. The molecule has 1 unspecified atom stereocenters. The average Bonchev–Trinajstić information content (AvgIpc) is 3.13. The van der Waals surface area contributed by atoms with Gasteiger partial charge in [0.1, 0.15) is 0 Å². The molecule has 65 heavy (non-hydrogen) atoms. The van der Waals surface area contributed by atoms with Crippen molar-refractivity contribution in [3.05, 3.63) is 29.8 Å². The van der Waals surface area contributed by atoms with Crippen molar-refractivity contribution in [2.45, 2.75) is 137 Å². The first-order valence-electron chi connectivity index (χ1n) is 17.7. The summed E-state index contributed by atoms with van der Waals surface area (Å²) in [5.74, 6) is -79.8. The second kappa shape index (κ2) is 19.9. The normalized spacial score (nSPS) is 15.6. The topological polar surface area (TPSA) is 48.7 Å². The Morgan fingerprint density at radius 2 is 0.815 bits per heavy atom. The second-order valence-corrected chi connectivity index (χ2v) is 15.7. The van der Waals surface area contributed by atoms with Gasteiger partial charge in [0.25, 0.3) is 8.53 Å². The van der Waals surface area contributed by atoms with Crippen LogP contribution in [-0.4, -0.2) is 115 Å². The van der Waals surface area contributed by atoms with Crippen LogP contribution in [0.3, 0.4) is 0 Å². The van der Waals surface area contributed by atoms with Crippen LogP contribution in [0.2, 0.25) is 0 Å². The lowest BCUT2D eigenvalue weighted by atomic mass is 9.92. The Kier molecular flexibility index (Phi) is 18.4. The van der Waals surface area contributed by atoms with Crippen LogP contribution in [0, 0.1) is 11.3 Å². The SMILES string of the molecule is CC(C)N(C(C)C)P(OCCC#N)OCCc1ccc(N(CCC(F)(F)C(F)(F)C(F)(F)C(F)(F)C(F)(F)C(F)(F)F)CCC(F)(F)C(F)(F)C(F)(F)C(F)(F)C(F)(F)C(F)(F)F)cc1. The van der Waals surface area contributed by atoms with Gasteiger partial charge >= 0.3 is 71.6 Å². The first-order chi connectivity index (χ1) is 28.7. The van der Waals surface area contributed by atoms with Gasteiger partial charge in [0.15, 0.2) is 0 Å². The largest absolute Gasteiger partial charge is 0.460 e. The van der Waals surface area contributed by atoms with Crippen molar-refractivity contribution in [2.75, 3.05) is 31.2 Å².